The Labute approximate surface area is 65.5 Å². The van der Waals surface area contributed by atoms with E-state index in [-0.39, 0.29) is 11.6 Å². The van der Waals surface area contributed by atoms with Gasteiger partial charge in [0.25, 0.3) is 0 Å². The van der Waals surface area contributed by atoms with Gasteiger partial charge in [-0.1, -0.05) is 25.4 Å². The van der Waals surface area contributed by atoms with E-state index in [0.717, 1.165) is 6.42 Å². The molecule has 0 radical (unpaired) electrons. The van der Waals surface area contributed by atoms with Gasteiger partial charge in [0.2, 0.25) is 0 Å². The van der Waals surface area contributed by atoms with E-state index in [4.69, 9.17) is 10.3 Å². The third-order valence-electron chi connectivity index (χ3n) is 1.61. The van der Waals surface area contributed by atoms with Crippen molar-refractivity contribution in [3.05, 3.63) is 0 Å². The lowest BCUT2D eigenvalue weighted by Crippen LogP contribution is -2.16. The summed E-state index contributed by atoms with van der Waals surface area (Å²) in [6.45, 7) is 3.87. The van der Waals surface area contributed by atoms with Crippen molar-refractivity contribution >= 4 is 11.7 Å². The first-order valence-corrected chi connectivity index (χ1v) is 3.56. The number of carbonyl (C=O) groups is 1. The zero-order chi connectivity index (χ0) is 8.85. The van der Waals surface area contributed by atoms with Crippen molar-refractivity contribution < 1.29 is 15.1 Å². The van der Waals surface area contributed by atoms with Gasteiger partial charge in [0, 0.05) is 6.42 Å². The number of rotatable bonds is 4. The first-order valence-electron chi connectivity index (χ1n) is 3.56. The molecule has 0 amide bonds. The Hall–Kier alpha value is -1.06. The summed E-state index contributed by atoms with van der Waals surface area (Å²) >= 11 is 0. The molecule has 2 N–H and O–H groups in total. The molecule has 0 aliphatic carbocycles. The molecule has 0 aliphatic heterocycles. The second kappa shape index (κ2) is 4.71. The molecule has 0 bridgehead atoms. The third-order valence-corrected chi connectivity index (χ3v) is 1.61. The Kier molecular flexibility index (Phi) is 4.26. The topological polar surface area (TPSA) is 69.9 Å². The van der Waals surface area contributed by atoms with Crippen molar-refractivity contribution in [3.8, 4) is 0 Å². The minimum absolute atomic E-state index is 0.167. The Morgan fingerprint density at radius 2 is 2.18 bits per heavy atom. The minimum Gasteiger partial charge on any atom is -0.477 e. The quantitative estimate of drug-likeness (QED) is 0.369. The molecule has 0 aromatic heterocycles. The van der Waals surface area contributed by atoms with Crippen LogP contribution in [0.4, 0.5) is 0 Å². The molecule has 0 heterocycles. The molecule has 4 nitrogen and oxygen atoms in total. The summed E-state index contributed by atoms with van der Waals surface area (Å²) in [5.74, 6) is -0.898. The minimum atomic E-state index is -1.15. The zero-order valence-electron chi connectivity index (χ0n) is 6.74. The molecule has 4 heteroatoms. The maximum Gasteiger partial charge on any atom is 0.353 e. The monoisotopic (exact) mass is 159 g/mol. The summed E-state index contributed by atoms with van der Waals surface area (Å²) in [5.41, 5.74) is -0.167. The fourth-order valence-corrected chi connectivity index (χ4v) is 0.645. The van der Waals surface area contributed by atoms with Crippen molar-refractivity contribution in [1.29, 1.82) is 0 Å². The van der Waals surface area contributed by atoms with Crippen LogP contribution in [-0.4, -0.2) is 22.0 Å². The molecule has 0 aliphatic rings. The first-order chi connectivity index (χ1) is 5.11. The largest absolute Gasteiger partial charge is 0.477 e. The van der Waals surface area contributed by atoms with E-state index in [1.807, 2.05) is 13.8 Å². The van der Waals surface area contributed by atoms with Crippen LogP contribution >= 0.6 is 0 Å². The molecule has 0 fully saturated rings. The van der Waals surface area contributed by atoms with E-state index in [0.29, 0.717) is 6.42 Å². The van der Waals surface area contributed by atoms with Crippen molar-refractivity contribution in [3.63, 3.8) is 0 Å². The number of hydrogen-bond acceptors (Lipinski definition) is 3. The van der Waals surface area contributed by atoms with E-state index in [9.17, 15) is 4.79 Å². The van der Waals surface area contributed by atoms with E-state index >= 15 is 0 Å². The van der Waals surface area contributed by atoms with Gasteiger partial charge in [-0.2, -0.15) is 0 Å². The van der Waals surface area contributed by atoms with Gasteiger partial charge in [0.15, 0.2) is 5.71 Å². The molecule has 0 aromatic carbocycles. The van der Waals surface area contributed by atoms with Gasteiger partial charge in [0.05, 0.1) is 0 Å². The number of carboxylic acids is 1. The summed E-state index contributed by atoms with van der Waals surface area (Å²) in [5, 5.41) is 19.4. The number of carboxylic acid groups (broad SMARTS) is 1. The van der Waals surface area contributed by atoms with Crippen LogP contribution in [0.3, 0.4) is 0 Å². The maximum atomic E-state index is 10.3. The summed E-state index contributed by atoms with van der Waals surface area (Å²) in [7, 11) is 0. The number of hydrogen-bond donors (Lipinski definition) is 2. The van der Waals surface area contributed by atoms with Gasteiger partial charge in [-0.15, -0.1) is 0 Å². The highest BCUT2D eigenvalue weighted by Gasteiger charge is 2.12. The maximum absolute atomic E-state index is 10.3. The second-order valence-corrected chi connectivity index (χ2v) is 2.57. The smallest absolute Gasteiger partial charge is 0.353 e. The van der Waals surface area contributed by atoms with E-state index in [1.165, 1.54) is 0 Å². The molecule has 0 aromatic rings. The van der Waals surface area contributed by atoms with Gasteiger partial charge in [-0.05, 0) is 5.92 Å². The van der Waals surface area contributed by atoms with Gasteiger partial charge >= 0.3 is 5.97 Å². The van der Waals surface area contributed by atoms with Gasteiger partial charge in [-0.25, -0.2) is 4.79 Å². The van der Waals surface area contributed by atoms with E-state index in [1.54, 1.807) is 0 Å². The molecule has 0 saturated carbocycles. The molecule has 11 heavy (non-hydrogen) atoms. The molecule has 0 spiro atoms. The number of nitrogens with zero attached hydrogens (tertiary/aromatic N) is 1. The van der Waals surface area contributed by atoms with E-state index in [2.05, 4.69) is 5.16 Å². The van der Waals surface area contributed by atoms with Gasteiger partial charge in [-0.3, -0.25) is 0 Å². The Balaban J connectivity index is 4.00. The SMILES string of the molecule is CCC(C)CC(=NO)C(=O)O. The average Bonchev–Trinajstić information content (AvgIpc) is 1.99. The van der Waals surface area contributed by atoms with Crippen LogP contribution in [-0.2, 0) is 4.79 Å². The van der Waals surface area contributed by atoms with Crippen LogP contribution in [0.5, 0.6) is 0 Å². The molecule has 1 atom stereocenters. The highest BCUT2D eigenvalue weighted by molar-refractivity contribution is 6.35. The van der Waals surface area contributed by atoms with Crippen molar-refractivity contribution in [2.45, 2.75) is 26.7 Å². The van der Waals surface area contributed by atoms with Gasteiger partial charge in [0.1, 0.15) is 0 Å². The highest BCUT2D eigenvalue weighted by atomic mass is 16.4. The lowest BCUT2D eigenvalue weighted by molar-refractivity contribution is -0.129. The zero-order valence-corrected chi connectivity index (χ0v) is 6.74. The standard InChI is InChI=1S/C7H13NO3/c1-3-5(2)4-6(8-11)7(9)10/h5,11H,3-4H2,1-2H3,(H,9,10). The molecule has 1 unspecified atom stereocenters. The summed E-state index contributed by atoms with van der Waals surface area (Å²) in [6, 6.07) is 0. The van der Waals surface area contributed by atoms with Crippen LogP contribution in [0.15, 0.2) is 5.16 Å². The molecular weight excluding hydrogens is 146 g/mol. The van der Waals surface area contributed by atoms with Gasteiger partial charge < -0.3 is 10.3 Å². The summed E-state index contributed by atoms with van der Waals surface area (Å²) < 4.78 is 0. The van der Waals surface area contributed by atoms with Crippen molar-refractivity contribution in [1.82, 2.24) is 0 Å². The van der Waals surface area contributed by atoms with Crippen LogP contribution in [0.25, 0.3) is 0 Å². The Morgan fingerprint density at radius 3 is 2.45 bits per heavy atom. The Morgan fingerprint density at radius 1 is 1.64 bits per heavy atom. The Bertz CT molecular complexity index is 165. The molecule has 0 saturated heterocycles. The van der Waals surface area contributed by atoms with E-state index < -0.39 is 5.97 Å². The van der Waals surface area contributed by atoms with Crippen LogP contribution in [0, 0.1) is 5.92 Å². The van der Waals surface area contributed by atoms with Crippen LogP contribution < -0.4 is 0 Å². The second-order valence-electron chi connectivity index (χ2n) is 2.57. The molecule has 0 rings (SSSR count). The number of aliphatic carboxylic acids is 1. The fraction of sp³-hybridized carbons (Fsp3) is 0.714. The predicted octanol–water partition coefficient (Wildman–Crippen LogP) is 1.34. The van der Waals surface area contributed by atoms with Crippen molar-refractivity contribution in [2.75, 3.05) is 0 Å². The average molecular weight is 159 g/mol. The highest BCUT2D eigenvalue weighted by Crippen LogP contribution is 2.07. The molecule has 64 valence electrons. The summed E-state index contributed by atoms with van der Waals surface area (Å²) in [4.78, 5) is 10.3. The van der Waals surface area contributed by atoms with Crippen LogP contribution in [0.2, 0.25) is 0 Å². The molecular formula is C7H13NO3. The normalized spacial score (nSPS) is 14.5. The third kappa shape index (κ3) is 3.60. The predicted molar refractivity (Wildman–Crippen MR) is 40.9 cm³/mol. The number of oxime groups is 1. The fourth-order valence-electron chi connectivity index (χ4n) is 0.645. The lowest BCUT2D eigenvalue weighted by atomic mass is 10.0. The van der Waals surface area contributed by atoms with Crippen molar-refractivity contribution in [2.24, 2.45) is 11.1 Å². The lowest BCUT2D eigenvalue weighted by Gasteiger charge is -2.05. The first kappa shape index (κ1) is 9.94. The van der Waals surface area contributed by atoms with Crippen LogP contribution in [0.1, 0.15) is 26.7 Å². The summed E-state index contributed by atoms with van der Waals surface area (Å²) in [6.07, 6.45) is 1.20.